The first-order valence-electron chi connectivity index (χ1n) is 5.44. The standard InChI is InChI=1S/C14H12FNO2/c15-12-6-8-13(9-7-12)18-10-14(16-17)11-4-2-1-3-5-11/h1-9,17H,10H2/b16-14-. The fraction of sp³-hybridized carbons (Fsp3) is 0.0714. The third-order valence-corrected chi connectivity index (χ3v) is 2.42. The largest absolute Gasteiger partial charge is 0.487 e. The Morgan fingerprint density at radius 3 is 2.33 bits per heavy atom. The van der Waals surface area contributed by atoms with Crippen molar-refractivity contribution in [2.75, 3.05) is 6.61 Å². The van der Waals surface area contributed by atoms with E-state index in [0.717, 1.165) is 5.56 Å². The average molecular weight is 245 g/mol. The number of benzene rings is 2. The van der Waals surface area contributed by atoms with Crippen molar-refractivity contribution in [2.45, 2.75) is 0 Å². The monoisotopic (exact) mass is 245 g/mol. The lowest BCUT2D eigenvalue weighted by Crippen LogP contribution is -2.12. The summed E-state index contributed by atoms with van der Waals surface area (Å²) in [6.07, 6.45) is 0. The SMILES string of the molecule is O/N=C(/COc1ccc(F)cc1)c1ccccc1. The molecule has 0 heterocycles. The van der Waals surface area contributed by atoms with Gasteiger partial charge in [-0.25, -0.2) is 4.39 Å². The van der Waals surface area contributed by atoms with Gasteiger partial charge in [0.2, 0.25) is 0 Å². The Balaban J connectivity index is 2.03. The molecule has 0 amide bonds. The number of hydrogen-bond acceptors (Lipinski definition) is 3. The smallest absolute Gasteiger partial charge is 0.134 e. The highest BCUT2D eigenvalue weighted by Crippen LogP contribution is 2.12. The van der Waals surface area contributed by atoms with E-state index in [1.165, 1.54) is 24.3 Å². The molecule has 0 aromatic heterocycles. The quantitative estimate of drug-likeness (QED) is 0.511. The van der Waals surface area contributed by atoms with Gasteiger partial charge in [-0.2, -0.15) is 0 Å². The van der Waals surface area contributed by atoms with E-state index in [4.69, 9.17) is 9.94 Å². The highest BCUT2D eigenvalue weighted by molar-refractivity contribution is 6.01. The summed E-state index contributed by atoms with van der Waals surface area (Å²) < 4.78 is 18.1. The van der Waals surface area contributed by atoms with E-state index in [-0.39, 0.29) is 12.4 Å². The minimum absolute atomic E-state index is 0.117. The molecule has 92 valence electrons. The van der Waals surface area contributed by atoms with Crippen molar-refractivity contribution in [3.8, 4) is 5.75 Å². The van der Waals surface area contributed by atoms with Crippen molar-refractivity contribution in [2.24, 2.45) is 5.16 Å². The first-order chi connectivity index (χ1) is 8.79. The van der Waals surface area contributed by atoms with Gasteiger partial charge in [0.05, 0.1) is 0 Å². The maximum Gasteiger partial charge on any atom is 0.134 e. The molecule has 0 aliphatic heterocycles. The van der Waals surface area contributed by atoms with Gasteiger partial charge in [-0.15, -0.1) is 0 Å². The molecule has 0 spiro atoms. The van der Waals surface area contributed by atoms with Gasteiger partial charge in [0.15, 0.2) is 0 Å². The van der Waals surface area contributed by atoms with Crippen LogP contribution in [-0.4, -0.2) is 17.5 Å². The third-order valence-electron chi connectivity index (χ3n) is 2.42. The lowest BCUT2D eigenvalue weighted by molar-refractivity contribution is 0.308. The van der Waals surface area contributed by atoms with Gasteiger partial charge in [0.25, 0.3) is 0 Å². The van der Waals surface area contributed by atoms with Gasteiger partial charge in [0.1, 0.15) is 23.9 Å². The number of halogens is 1. The predicted octanol–water partition coefficient (Wildman–Crippen LogP) is 3.08. The van der Waals surface area contributed by atoms with E-state index in [1.807, 2.05) is 30.3 Å². The zero-order valence-corrected chi connectivity index (χ0v) is 9.58. The van der Waals surface area contributed by atoms with Crippen LogP contribution < -0.4 is 4.74 Å². The molecule has 0 saturated carbocycles. The fourth-order valence-electron chi connectivity index (χ4n) is 1.48. The molecule has 0 radical (unpaired) electrons. The Morgan fingerprint density at radius 2 is 1.72 bits per heavy atom. The second-order valence-corrected chi connectivity index (χ2v) is 3.66. The highest BCUT2D eigenvalue weighted by Gasteiger charge is 2.05. The van der Waals surface area contributed by atoms with Crippen molar-refractivity contribution in [1.82, 2.24) is 0 Å². The zero-order chi connectivity index (χ0) is 12.8. The Morgan fingerprint density at radius 1 is 1.06 bits per heavy atom. The van der Waals surface area contributed by atoms with Gasteiger partial charge in [-0.1, -0.05) is 35.5 Å². The van der Waals surface area contributed by atoms with Gasteiger partial charge >= 0.3 is 0 Å². The molecule has 0 fully saturated rings. The van der Waals surface area contributed by atoms with Crippen LogP contribution in [0.5, 0.6) is 5.75 Å². The summed E-state index contributed by atoms with van der Waals surface area (Å²) in [6, 6.07) is 14.9. The summed E-state index contributed by atoms with van der Waals surface area (Å²) in [5.74, 6) is 0.204. The second-order valence-electron chi connectivity index (χ2n) is 3.66. The molecule has 1 N–H and O–H groups in total. The van der Waals surface area contributed by atoms with Crippen LogP contribution in [0.2, 0.25) is 0 Å². The second kappa shape index (κ2) is 5.82. The number of nitrogens with zero attached hydrogens (tertiary/aromatic N) is 1. The van der Waals surface area contributed by atoms with Crippen LogP contribution >= 0.6 is 0 Å². The molecule has 2 aromatic carbocycles. The Bertz CT molecular complexity index is 523. The Labute approximate surface area is 104 Å². The van der Waals surface area contributed by atoms with Crippen molar-refractivity contribution < 1.29 is 14.3 Å². The maximum atomic E-state index is 12.7. The molecule has 2 rings (SSSR count). The average Bonchev–Trinajstić information content (AvgIpc) is 2.43. The highest BCUT2D eigenvalue weighted by atomic mass is 19.1. The van der Waals surface area contributed by atoms with Gasteiger partial charge in [0, 0.05) is 5.56 Å². The maximum absolute atomic E-state index is 12.7. The van der Waals surface area contributed by atoms with Gasteiger partial charge < -0.3 is 9.94 Å². The van der Waals surface area contributed by atoms with Crippen LogP contribution in [0.15, 0.2) is 59.8 Å². The van der Waals surface area contributed by atoms with Crippen LogP contribution in [0.3, 0.4) is 0 Å². The normalized spacial score (nSPS) is 11.3. The van der Waals surface area contributed by atoms with Crippen LogP contribution in [0, 0.1) is 5.82 Å². The summed E-state index contributed by atoms with van der Waals surface area (Å²) in [5.41, 5.74) is 1.20. The fourth-order valence-corrected chi connectivity index (χ4v) is 1.48. The van der Waals surface area contributed by atoms with Crippen LogP contribution in [-0.2, 0) is 0 Å². The summed E-state index contributed by atoms with van der Waals surface area (Å²) in [6.45, 7) is 0.117. The lowest BCUT2D eigenvalue weighted by atomic mass is 10.1. The summed E-state index contributed by atoms with van der Waals surface area (Å²) in [5, 5.41) is 12.2. The van der Waals surface area contributed by atoms with Crippen LogP contribution in [0.25, 0.3) is 0 Å². The minimum atomic E-state index is -0.318. The molecule has 0 atom stereocenters. The van der Waals surface area contributed by atoms with E-state index >= 15 is 0 Å². The van der Waals surface area contributed by atoms with Crippen molar-refractivity contribution >= 4 is 5.71 Å². The molecule has 0 bridgehead atoms. The molecule has 3 nitrogen and oxygen atoms in total. The number of oxime groups is 1. The van der Waals surface area contributed by atoms with Gasteiger partial charge in [-0.05, 0) is 24.3 Å². The summed E-state index contributed by atoms with van der Waals surface area (Å²) in [7, 11) is 0. The van der Waals surface area contributed by atoms with Crippen LogP contribution in [0.1, 0.15) is 5.56 Å². The van der Waals surface area contributed by atoms with E-state index in [2.05, 4.69) is 5.16 Å². The Kier molecular flexibility index (Phi) is 3.91. The van der Waals surface area contributed by atoms with Gasteiger partial charge in [-0.3, -0.25) is 0 Å². The van der Waals surface area contributed by atoms with Crippen LogP contribution in [0.4, 0.5) is 4.39 Å². The van der Waals surface area contributed by atoms with E-state index in [9.17, 15) is 4.39 Å². The van der Waals surface area contributed by atoms with E-state index in [0.29, 0.717) is 11.5 Å². The van der Waals surface area contributed by atoms with E-state index in [1.54, 1.807) is 0 Å². The Hall–Kier alpha value is -2.36. The van der Waals surface area contributed by atoms with E-state index < -0.39 is 0 Å². The van der Waals surface area contributed by atoms with Crippen molar-refractivity contribution in [3.63, 3.8) is 0 Å². The minimum Gasteiger partial charge on any atom is -0.487 e. The lowest BCUT2D eigenvalue weighted by Gasteiger charge is -2.07. The molecule has 0 aliphatic carbocycles. The molecular weight excluding hydrogens is 233 g/mol. The summed E-state index contributed by atoms with van der Waals surface area (Å²) >= 11 is 0. The number of ether oxygens (including phenoxy) is 1. The molecule has 0 saturated heterocycles. The van der Waals surface area contributed by atoms with Crippen molar-refractivity contribution in [3.05, 3.63) is 66.0 Å². The third kappa shape index (κ3) is 3.07. The molecule has 18 heavy (non-hydrogen) atoms. The first-order valence-corrected chi connectivity index (χ1v) is 5.44. The van der Waals surface area contributed by atoms with Crippen molar-refractivity contribution in [1.29, 1.82) is 0 Å². The molecule has 4 heteroatoms. The number of rotatable bonds is 4. The molecular formula is C14H12FNO2. The first kappa shape index (κ1) is 12.1. The topological polar surface area (TPSA) is 41.8 Å². The predicted molar refractivity (Wildman–Crippen MR) is 66.7 cm³/mol. The molecule has 0 unspecified atom stereocenters. The number of hydrogen-bond donors (Lipinski definition) is 1. The molecule has 2 aromatic rings. The summed E-state index contributed by atoms with van der Waals surface area (Å²) in [4.78, 5) is 0. The zero-order valence-electron chi connectivity index (χ0n) is 9.58. The molecule has 0 aliphatic rings.